The van der Waals surface area contributed by atoms with E-state index in [1.54, 1.807) is 0 Å². The van der Waals surface area contributed by atoms with Gasteiger partial charge in [0.05, 0.1) is 23.7 Å². The molecule has 0 saturated carbocycles. The molecule has 2 heterocycles. The zero-order valence-electron chi connectivity index (χ0n) is 15.2. The molecule has 1 aliphatic rings. The molecule has 26 heavy (non-hydrogen) atoms. The van der Waals surface area contributed by atoms with Crippen LogP contribution >= 0.6 is 11.6 Å². The lowest BCUT2D eigenvalue weighted by Crippen LogP contribution is -2.18. The Kier molecular flexibility index (Phi) is 4.88. The van der Waals surface area contributed by atoms with E-state index in [4.69, 9.17) is 26.1 Å². The molecule has 136 valence electrons. The fourth-order valence-corrected chi connectivity index (χ4v) is 3.64. The Balaban J connectivity index is 1.65. The zero-order chi connectivity index (χ0) is 18.1. The van der Waals surface area contributed by atoms with Crippen LogP contribution in [0.5, 0.6) is 5.75 Å². The van der Waals surface area contributed by atoms with E-state index in [1.807, 2.05) is 30.3 Å². The Hall–Kier alpha value is -2.04. The molecule has 0 radical (unpaired) electrons. The molecule has 1 aliphatic heterocycles. The summed E-state index contributed by atoms with van der Waals surface area (Å²) < 4.78 is 14.1. The lowest BCUT2D eigenvalue weighted by atomic mass is 10.1. The van der Waals surface area contributed by atoms with Crippen LogP contribution in [0.15, 0.2) is 36.4 Å². The molecule has 0 bridgehead atoms. The summed E-state index contributed by atoms with van der Waals surface area (Å²) in [5.74, 6) is 1.80. The largest absolute Gasteiger partial charge is 0.485 e. The summed E-state index contributed by atoms with van der Waals surface area (Å²) in [5, 5.41) is 0.716. The molecule has 2 aromatic carbocycles. The number of imidazole rings is 1. The number of hydrogen-bond donors (Lipinski definition) is 0. The molecule has 4 rings (SSSR count). The van der Waals surface area contributed by atoms with Gasteiger partial charge in [0.15, 0.2) is 0 Å². The quantitative estimate of drug-likeness (QED) is 0.629. The predicted octanol–water partition coefficient (Wildman–Crippen LogP) is 5.06. The monoisotopic (exact) mass is 370 g/mol. The summed E-state index contributed by atoms with van der Waals surface area (Å²) in [7, 11) is 0. The van der Waals surface area contributed by atoms with Crippen molar-refractivity contribution >= 4 is 22.6 Å². The van der Waals surface area contributed by atoms with Crippen LogP contribution in [0.3, 0.4) is 0 Å². The van der Waals surface area contributed by atoms with Crippen LogP contribution in [0.1, 0.15) is 29.8 Å². The zero-order valence-corrected chi connectivity index (χ0v) is 15.9. The van der Waals surface area contributed by atoms with Crippen LogP contribution in [0.25, 0.3) is 11.0 Å². The SMILES string of the molecule is Cc1cccc(OCc2nc3ccc(Cl)cc3n2CC2CCCO2)c1C. The first-order valence-electron chi connectivity index (χ1n) is 9.07. The highest BCUT2D eigenvalue weighted by atomic mass is 35.5. The van der Waals surface area contributed by atoms with Gasteiger partial charge < -0.3 is 14.0 Å². The number of aryl methyl sites for hydroxylation is 1. The topological polar surface area (TPSA) is 36.3 Å². The summed E-state index contributed by atoms with van der Waals surface area (Å²) in [6.07, 6.45) is 2.43. The van der Waals surface area contributed by atoms with E-state index in [0.29, 0.717) is 11.6 Å². The summed E-state index contributed by atoms with van der Waals surface area (Å²) in [6, 6.07) is 11.9. The van der Waals surface area contributed by atoms with E-state index in [2.05, 4.69) is 24.5 Å². The van der Waals surface area contributed by atoms with Gasteiger partial charge in [0.2, 0.25) is 0 Å². The number of nitrogens with zero attached hydrogens (tertiary/aromatic N) is 2. The lowest BCUT2D eigenvalue weighted by Gasteiger charge is -2.15. The number of fused-ring (bicyclic) bond motifs is 1. The number of benzene rings is 2. The van der Waals surface area contributed by atoms with Crippen molar-refractivity contribution in [2.45, 2.75) is 45.9 Å². The van der Waals surface area contributed by atoms with Gasteiger partial charge in [-0.2, -0.15) is 0 Å². The average molecular weight is 371 g/mol. The normalized spacial score (nSPS) is 17.1. The highest BCUT2D eigenvalue weighted by molar-refractivity contribution is 6.31. The van der Waals surface area contributed by atoms with Gasteiger partial charge in [-0.05, 0) is 62.1 Å². The lowest BCUT2D eigenvalue weighted by molar-refractivity contribution is 0.0962. The third-order valence-electron chi connectivity index (χ3n) is 5.11. The molecule has 1 saturated heterocycles. The van der Waals surface area contributed by atoms with Crippen molar-refractivity contribution < 1.29 is 9.47 Å². The molecular formula is C21H23ClN2O2. The van der Waals surface area contributed by atoms with Crippen LogP contribution in [-0.2, 0) is 17.9 Å². The van der Waals surface area contributed by atoms with Crippen molar-refractivity contribution in [2.75, 3.05) is 6.61 Å². The van der Waals surface area contributed by atoms with E-state index in [1.165, 1.54) is 5.56 Å². The smallest absolute Gasteiger partial charge is 0.148 e. The minimum atomic E-state index is 0.228. The van der Waals surface area contributed by atoms with E-state index < -0.39 is 0 Å². The van der Waals surface area contributed by atoms with Gasteiger partial charge in [0.1, 0.15) is 18.2 Å². The Morgan fingerprint density at radius 1 is 1.27 bits per heavy atom. The van der Waals surface area contributed by atoms with E-state index >= 15 is 0 Å². The molecule has 5 heteroatoms. The number of ether oxygens (including phenoxy) is 2. The minimum absolute atomic E-state index is 0.228. The summed E-state index contributed by atoms with van der Waals surface area (Å²) in [6.45, 7) is 6.22. The van der Waals surface area contributed by atoms with Crippen molar-refractivity contribution in [3.05, 3.63) is 58.4 Å². The van der Waals surface area contributed by atoms with Crippen molar-refractivity contribution in [1.82, 2.24) is 9.55 Å². The van der Waals surface area contributed by atoms with E-state index in [0.717, 1.165) is 54.2 Å². The minimum Gasteiger partial charge on any atom is -0.485 e. The second-order valence-electron chi connectivity index (χ2n) is 6.89. The fraction of sp³-hybridized carbons (Fsp3) is 0.381. The molecule has 0 aliphatic carbocycles. The van der Waals surface area contributed by atoms with Gasteiger partial charge in [0, 0.05) is 11.6 Å². The molecule has 0 amide bonds. The Bertz CT molecular complexity index is 929. The van der Waals surface area contributed by atoms with Gasteiger partial charge in [-0.1, -0.05) is 23.7 Å². The van der Waals surface area contributed by atoms with Crippen LogP contribution in [0.4, 0.5) is 0 Å². The van der Waals surface area contributed by atoms with Crippen LogP contribution in [0, 0.1) is 13.8 Å². The highest BCUT2D eigenvalue weighted by Crippen LogP contribution is 2.26. The summed E-state index contributed by atoms with van der Waals surface area (Å²) in [4.78, 5) is 4.79. The fourth-order valence-electron chi connectivity index (χ4n) is 3.47. The second kappa shape index (κ2) is 7.29. The summed E-state index contributed by atoms with van der Waals surface area (Å²) >= 11 is 6.22. The van der Waals surface area contributed by atoms with Gasteiger partial charge in [-0.25, -0.2) is 4.98 Å². The standard InChI is InChI=1S/C21H23ClN2O2/c1-14-5-3-7-20(15(14)2)26-13-21-23-18-9-8-16(22)11-19(18)24(21)12-17-6-4-10-25-17/h3,5,7-9,11,17H,4,6,10,12-13H2,1-2H3. The van der Waals surface area contributed by atoms with Gasteiger partial charge in [-0.3, -0.25) is 0 Å². The second-order valence-corrected chi connectivity index (χ2v) is 7.33. The molecule has 0 N–H and O–H groups in total. The molecular weight excluding hydrogens is 348 g/mol. The summed E-state index contributed by atoms with van der Waals surface area (Å²) in [5.41, 5.74) is 4.36. The maximum Gasteiger partial charge on any atom is 0.148 e. The average Bonchev–Trinajstić information content (AvgIpc) is 3.25. The van der Waals surface area contributed by atoms with Gasteiger partial charge >= 0.3 is 0 Å². The van der Waals surface area contributed by atoms with Crippen molar-refractivity contribution in [1.29, 1.82) is 0 Å². The van der Waals surface area contributed by atoms with Crippen molar-refractivity contribution in [3.63, 3.8) is 0 Å². The third kappa shape index (κ3) is 3.44. The van der Waals surface area contributed by atoms with Crippen LogP contribution in [0.2, 0.25) is 5.02 Å². The highest BCUT2D eigenvalue weighted by Gasteiger charge is 2.20. The van der Waals surface area contributed by atoms with Crippen molar-refractivity contribution in [2.24, 2.45) is 0 Å². The maximum atomic E-state index is 6.22. The first-order valence-corrected chi connectivity index (χ1v) is 9.45. The molecule has 3 aromatic rings. The maximum absolute atomic E-state index is 6.22. The third-order valence-corrected chi connectivity index (χ3v) is 5.35. The Morgan fingerprint density at radius 2 is 2.15 bits per heavy atom. The number of hydrogen-bond acceptors (Lipinski definition) is 3. The van der Waals surface area contributed by atoms with E-state index in [9.17, 15) is 0 Å². The predicted molar refractivity (Wildman–Crippen MR) is 104 cm³/mol. The molecule has 1 atom stereocenters. The first kappa shape index (κ1) is 17.4. The Morgan fingerprint density at radius 3 is 2.96 bits per heavy atom. The number of rotatable bonds is 5. The molecule has 4 nitrogen and oxygen atoms in total. The first-order chi connectivity index (χ1) is 12.6. The number of halogens is 1. The molecule has 1 fully saturated rings. The van der Waals surface area contributed by atoms with Gasteiger partial charge in [0.25, 0.3) is 0 Å². The van der Waals surface area contributed by atoms with Crippen LogP contribution in [-0.4, -0.2) is 22.3 Å². The van der Waals surface area contributed by atoms with Gasteiger partial charge in [-0.15, -0.1) is 0 Å². The molecule has 1 unspecified atom stereocenters. The Labute approximate surface area is 158 Å². The van der Waals surface area contributed by atoms with Crippen LogP contribution < -0.4 is 4.74 Å². The van der Waals surface area contributed by atoms with Crippen molar-refractivity contribution in [3.8, 4) is 5.75 Å². The molecule has 1 aromatic heterocycles. The van der Waals surface area contributed by atoms with E-state index in [-0.39, 0.29) is 6.10 Å². The molecule has 0 spiro atoms. The number of aromatic nitrogens is 2.